The van der Waals surface area contributed by atoms with Gasteiger partial charge in [-0.1, -0.05) is 42.5 Å². The maximum Gasteiger partial charge on any atom is 0.211 e. The predicted octanol–water partition coefficient (Wildman–Crippen LogP) is 3.06. The molecule has 4 rings (SSSR count). The van der Waals surface area contributed by atoms with Crippen LogP contribution in [0.3, 0.4) is 0 Å². The van der Waals surface area contributed by atoms with Gasteiger partial charge in [0.1, 0.15) is 11.8 Å². The van der Waals surface area contributed by atoms with Gasteiger partial charge in [-0.2, -0.15) is 0 Å². The monoisotopic (exact) mass is 358 g/mol. The zero-order valence-electron chi connectivity index (χ0n) is 14.5. The summed E-state index contributed by atoms with van der Waals surface area (Å²) in [5.41, 5.74) is 4.46. The molecule has 0 unspecified atom stereocenters. The van der Waals surface area contributed by atoms with Gasteiger partial charge in [-0.25, -0.2) is 15.0 Å². The number of rotatable bonds is 7. The number of nitrogens with one attached hydrogen (secondary N) is 2. The standard InChI is InChI=1S/C20H18N6O/c27-14-25-17-8-4-7-16(9-17)11-26-13-24-18-19(22-12-23-20(18)26)21-10-15-5-2-1-3-6-15/h1-9,12-14H,10-11H2,(H,25,27)(H,21,22,23). The summed E-state index contributed by atoms with van der Waals surface area (Å²) in [6.45, 7) is 1.26. The van der Waals surface area contributed by atoms with Crippen molar-refractivity contribution in [2.75, 3.05) is 10.6 Å². The summed E-state index contributed by atoms with van der Waals surface area (Å²) in [5, 5.41) is 6.00. The molecule has 0 saturated carbocycles. The number of hydrogen-bond acceptors (Lipinski definition) is 5. The molecule has 2 aromatic carbocycles. The minimum atomic E-state index is 0.597. The van der Waals surface area contributed by atoms with Crippen molar-refractivity contribution in [2.24, 2.45) is 0 Å². The molecule has 2 N–H and O–H groups in total. The van der Waals surface area contributed by atoms with Crippen LogP contribution in [0.5, 0.6) is 0 Å². The van der Waals surface area contributed by atoms with E-state index in [0.29, 0.717) is 25.3 Å². The summed E-state index contributed by atoms with van der Waals surface area (Å²) in [4.78, 5) is 23.8. The van der Waals surface area contributed by atoms with Crippen molar-refractivity contribution in [3.8, 4) is 0 Å². The van der Waals surface area contributed by atoms with Crippen LogP contribution in [0.2, 0.25) is 0 Å². The summed E-state index contributed by atoms with van der Waals surface area (Å²) < 4.78 is 1.96. The highest BCUT2D eigenvalue weighted by Crippen LogP contribution is 2.20. The molecule has 0 radical (unpaired) electrons. The van der Waals surface area contributed by atoms with Crippen LogP contribution >= 0.6 is 0 Å². The second-order valence-electron chi connectivity index (χ2n) is 6.07. The van der Waals surface area contributed by atoms with Gasteiger partial charge in [-0.15, -0.1) is 0 Å². The Morgan fingerprint density at radius 1 is 0.963 bits per heavy atom. The average Bonchev–Trinajstić information content (AvgIpc) is 3.11. The van der Waals surface area contributed by atoms with Crippen LogP contribution < -0.4 is 10.6 Å². The van der Waals surface area contributed by atoms with Gasteiger partial charge >= 0.3 is 0 Å². The number of carbonyl (C=O) groups excluding carboxylic acids is 1. The molecule has 27 heavy (non-hydrogen) atoms. The molecule has 0 bridgehead atoms. The van der Waals surface area contributed by atoms with Gasteiger partial charge < -0.3 is 15.2 Å². The number of imidazole rings is 1. The Morgan fingerprint density at radius 3 is 2.67 bits per heavy atom. The van der Waals surface area contributed by atoms with Crippen LogP contribution in [0.25, 0.3) is 11.2 Å². The highest BCUT2D eigenvalue weighted by atomic mass is 16.1. The predicted molar refractivity (Wildman–Crippen MR) is 104 cm³/mol. The first-order valence-corrected chi connectivity index (χ1v) is 8.56. The molecule has 2 heterocycles. The van der Waals surface area contributed by atoms with Crippen molar-refractivity contribution in [3.63, 3.8) is 0 Å². The van der Waals surface area contributed by atoms with E-state index in [1.807, 2.05) is 47.0 Å². The van der Waals surface area contributed by atoms with E-state index in [4.69, 9.17) is 0 Å². The third-order valence-electron chi connectivity index (χ3n) is 4.21. The van der Waals surface area contributed by atoms with Crippen LogP contribution in [-0.4, -0.2) is 25.9 Å². The van der Waals surface area contributed by atoms with E-state index in [2.05, 4.69) is 37.7 Å². The van der Waals surface area contributed by atoms with Crippen LogP contribution in [0.4, 0.5) is 11.5 Å². The summed E-state index contributed by atoms with van der Waals surface area (Å²) in [7, 11) is 0. The molecule has 0 aliphatic heterocycles. The Hall–Kier alpha value is -3.74. The lowest BCUT2D eigenvalue weighted by Gasteiger charge is -2.08. The normalized spacial score (nSPS) is 10.7. The smallest absolute Gasteiger partial charge is 0.211 e. The van der Waals surface area contributed by atoms with Crippen LogP contribution in [-0.2, 0) is 17.9 Å². The molecule has 1 amide bonds. The zero-order valence-corrected chi connectivity index (χ0v) is 14.5. The number of hydrogen-bond donors (Lipinski definition) is 2. The second kappa shape index (κ2) is 7.65. The van der Waals surface area contributed by atoms with Crippen LogP contribution in [0.15, 0.2) is 67.3 Å². The van der Waals surface area contributed by atoms with Crippen molar-refractivity contribution >= 4 is 29.1 Å². The van der Waals surface area contributed by atoms with Gasteiger partial charge in [0.05, 0.1) is 12.9 Å². The number of nitrogens with zero attached hydrogens (tertiary/aromatic N) is 4. The van der Waals surface area contributed by atoms with E-state index in [-0.39, 0.29) is 0 Å². The molecule has 0 spiro atoms. The van der Waals surface area contributed by atoms with Gasteiger partial charge in [0.15, 0.2) is 11.5 Å². The molecule has 2 aromatic heterocycles. The molecule has 7 heteroatoms. The lowest BCUT2D eigenvalue weighted by Crippen LogP contribution is -2.04. The van der Waals surface area contributed by atoms with E-state index >= 15 is 0 Å². The first-order chi connectivity index (χ1) is 13.3. The van der Waals surface area contributed by atoms with Crippen LogP contribution in [0.1, 0.15) is 11.1 Å². The number of benzene rings is 2. The third kappa shape index (κ3) is 3.77. The van der Waals surface area contributed by atoms with E-state index < -0.39 is 0 Å². The average molecular weight is 358 g/mol. The Morgan fingerprint density at radius 2 is 1.81 bits per heavy atom. The van der Waals surface area contributed by atoms with E-state index in [9.17, 15) is 4.79 Å². The van der Waals surface area contributed by atoms with Gasteiger partial charge in [0.2, 0.25) is 6.41 Å². The molecule has 4 aromatic rings. The maximum atomic E-state index is 10.6. The molecule has 134 valence electrons. The lowest BCUT2D eigenvalue weighted by atomic mass is 10.2. The Balaban J connectivity index is 1.57. The summed E-state index contributed by atoms with van der Waals surface area (Å²) in [5.74, 6) is 0.707. The van der Waals surface area contributed by atoms with Gasteiger partial charge in [-0.3, -0.25) is 4.79 Å². The topological polar surface area (TPSA) is 84.7 Å². The van der Waals surface area contributed by atoms with E-state index in [1.54, 1.807) is 6.33 Å². The summed E-state index contributed by atoms with van der Waals surface area (Å²) >= 11 is 0. The largest absolute Gasteiger partial charge is 0.364 e. The second-order valence-corrected chi connectivity index (χ2v) is 6.07. The minimum absolute atomic E-state index is 0.597. The fourth-order valence-corrected chi connectivity index (χ4v) is 2.93. The first kappa shape index (κ1) is 16.7. The van der Waals surface area contributed by atoms with Crippen molar-refractivity contribution in [1.82, 2.24) is 19.5 Å². The van der Waals surface area contributed by atoms with Crippen molar-refractivity contribution in [2.45, 2.75) is 13.1 Å². The fourth-order valence-electron chi connectivity index (χ4n) is 2.93. The molecule has 0 aliphatic rings. The number of carbonyl (C=O) groups is 1. The van der Waals surface area contributed by atoms with Gasteiger partial charge in [0, 0.05) is 12.2 Å². The van der Waals surface area contributed by atoms with Crippen molar-refractivity contribution in [3.05, 3.63) is 78.4 Å². The molecule has 0 aliphatic carbocycles. The highest BCUT2D eigenvalue weighted by Gasteiger charge is 2.10. The number of aromatic nitrogens is 4. The molecular weight excluding hydrogens is 340 g/mol. The number of anilines is 2. The molecule has 0 atom stereocenters. The fraction of sp³-hybridized carbons (Fsp3) is 0.100. The Bertz CT molecular complexity index is 1060. The maximum absolute atomic E-state index is 10.6. The lowest BCUT2D eigenvalue weighted by molar-refractivity contribution is -0.105. The molecule has 7 nitrogen and oxygen atoms in total. The first-order valence-electron chi connectivity index (χ1n) is 8.56. The Labute approximate surface area is 156 Å². The molecule has 0 saturated heterocycles. The summed E-state index contributed by atoms with van der Waals surface area (Å²) in [6, 6.07) is 17.8. The molecule has 0 fully saturated rings. The van der Waals surface area contributed by atoms with Gasteiger partial charge in [0.25, 0.3) is 0 Å². The number of fused-ring (bicyclic) bond motifs is 1. The quantitative estimate of drug-likeness (QED) is 0.496. The SMILES string of the molecule is O=CNc1cccc(Cn2cnc3c(NCc4ccccc4)ncnc32)c1. The number of amides is 1. The van der Waals surface area contributed by atoms with E-state index in [1.165, 1.54) is 11.9 Å². The van der Waals surface area contributed by atoms with E-state index in [0.717, 1.165) is 22.4 Å². The van der Waals surface area contributed by atoms with Crippen molar-refractivity contribution < 1.29 is 4.79 Å². The summed E-state index contributed by atoms with van der Waals surface area (Å²) in [6.07, 6.45) is 3.97. The Kier molecular flexibility index (Phi) is 4.74. The minimum Gasteiger partial charge on any atom is -0.364 e. The van der Waals surface area contributed by atoms with Crippen molar-refractivity contribution in [1.29, 1.82) is 0 Å². The van der Waals surface area contributed by atoms with Crippen LogP contribution in [0, 0.1) is 0 Å². The molecular formula is C20H18N6O. The highest BCUT2D eigenvalue weighted by molar-refractivity contribution is 5.82. The third-order valence-corrected chi connectivity index (χ3v) is 4.21. The van der Waals surface area contributed by atoms with Gasteiger partial charge in [-0.05, 0) is 23.3 Å². The zero-order chi connectivity index (χ0) is 18.5.